The first kappa shape index (κ1) is 15.8. The number of benzene rings is 2. The van der Waals surface area contributed by atoms with Crippen LogP contribution in [0.4, 0.5) is 0 Å². The van der Waals surface area contributed by atoms with Crippen LogP contribution >= 0.6 is 0 Å². The Morgan fingerprint density at radius 1 is 1.08 bits per heavy atom. The number of esters is 1. The maximum Gasteiger partial charge on any atom is 0.338 e. The van der Waals surface area contributed by atoms with E-state index < -0.39 is 5.60 Å². The number of ether oxygens (including phenoxy) is 1. The molecule has 120 valence electrons. The molecule has 4 heteroatoms. The van der Waals surface area contributed by atoms with Gasteiger partial charge in [-0.15, -0.1) is 0 Å². The number of para-hydroxylation sites is 1. The van der Waals surface area contributed by atoms with E-state index in [0.717, 1.165) is 16.5 Å². The predicted octanol–water partition coefficient (Wildman–Crippen LogP) is 4.93. The fraction of sp³-hybridized carbons (Fsp3) is 0.200. The lowest BCUT2D eigenvalue weighted by Crippen LogP contribution is -2.23. The molecule has 0 amide bonds. The topological polar surface area (TPSA) is 63.2 Å². The molecule has 0 aliphatic rings. The third-order valence-electron chi connectivity index (χ3n) is 3.51. The largest absolute Gasteiger partial charge is 0.456 e. The third-order valence-corrected chi connectivity index (χ3v) is 3.51. The maximum absolute atomic E-state index is 12.1. The zero-order valence-electron chi connectivity index (χ0n) is 13.8. The summed E-state index contributed by atoms with van der Waals surface area (Å²) in [6.45, 7) is 5.49. The van der Waals surface area contributed by atoms with Crippen molar-refractivity contribution in [2.75, 3.05) is 0 Å². The van der Waals surface area contributed by atoms with E-state index in [1.807, 2.05) is 45.0 Å². The van der Waals surface area contributed by atoms with E-state index in [9.17, 15) is 10.1 Å². The van der Waals surface area contributed by atoms with Crippen molar-refractivity contribution in [1.82, 2.24) is 0 Å². The molecule has 0 atom stereocenters. The number of nitriles is 1. The minimum absolute atomic E-state index is 0.265. The van der Waals surface area contributed by atoms with Crippen molar-refractivity contribution in [2.45, 2.75) is 26.4 Å². The zero-order chi connectivity index (χ0) is 17.3. The molecule has 0 saturated carbocycles. The van der Waals surface area contributed by atoms with Crippen molar-refractivity contribution in [3.05, 3.63) is 59.9 Å². The summed E-state index contributed by atoms with van der Waals surface area (Å²) in [6.07, 6.45) is 0. The van der Waals surface area contributed by atoms with Gasteiger partial charge < -0.3 is 9.15 Å². The van der Waals surface area contributed by atoms with Crippen LogP contribution in [0, 0.1) is 11.3 Å². The van der Waals surface area contributed by atoms with E-state index in [4.69, 9.17) is 9.15 Å². The van der Waals surface area contributed by atoms with Gasteiger partial charge in [0.15, 0.2) is 0 Å². The quantitative estimate of drug-likeness (QED) is 0.628. The lowest BCUT2D eigenvalue weighted by Gasteiger charge is -2.19. The van der Waals surface area contributed by atoms with Crippen molar-refractivity contribution >= 4 is 16.9 Å². The minimum Gasteiger partial charge on any atom is -0.456 e. The van der Waals surface area contributed by atoms with Crippen LogP contribution in [0.15, 0.2) is 52.9 Å². The van der Waals surface area contributed by atoms with E-state index in [-0.39, 0.29) is 11.7 Å². The van der Waals surface area contributed by atoms with Gasteiger partial charge in [0.1, 0.15) is 17.3 Å². The summed E-state index contributed by atoms with van der Waals surface area (Å²) >= 11 is 0. The smallest absolute Gasteiger partial charge is 0.338 e. The van der Waals surface area contributed by atoms with E-state index in [1.165, 1.54) is 0 Å². The molecule has 1 aromatic heterocycles. The van der Waals surface area contributed by atoms with Crippen LogP contribution in [0.1, 0.15) is 36.9 Å². The molecule has 3 rings (SSSR count). The predicted molar refractivity (Wildman–Crippen MR) is 91.5 cm³/mol. The summed E-state index contributed by atoms with van der Waals surface area (Å²) in [5.74, 6) is -0.104. The number of hydrogen-bond donors (Lipinski definition) is 0. The Bertz CT molecular complexity index is 938. The van der Waals surface area contributed by atoms with E-state index in [2.05, 4.69) is 6.07 Å². The summed E-state index contributed by atoms with van der Waals surface area (Å²) in [4.78, 5) is 12.1. The number of carbonyl (C=O) groups excluding carboxylic acids is 1. The first-order chi connectivity index (χ1) is 11.4. The summed E-state index contributed by atoms with van der Waals surface area (Å²) in [6, 6.07) is 16.6. The second kappa shape index (κ2) is 5.86. The highest BCUT2D eigenvalue weighted by Crippen LogP contribution is 2.34. The molecule has 0 spiro atoms. The minimum atomic E-state index is -0.537. The Hall–Kier alpha value is -3.06. The normalized spacial score (nSPS) is 11.2. The fourth-order valence-electron chi connectivity index (χ4n) is 2.52. The van der Waals surface area contributed by atoms with Crippen molar-refractivity contribution in [1.29, 1.82) is 5.26 Å². The van der Waals surface area contributed by atoms with Crippen LogP contribution in [0.5, 0.6) is 0 Å². The number of nitrogens with zero attached hydrogens (tertiary/aromatic N) is 1. The fourth-order valence-corrected chi connectivity index (χ4v) is 2.52. The van der Waals surface area contributed by atoms with Gasteiger partial charge in [0.2, 0.25) is 5.76 Å². The Morgan fingerprint density at radius 2 is 1.75 bits per heavy atom. The van der Waals surface area contributed by atoms with Gasteiger partial charge in [0, 0.05) is 10.9 Å². The average molecular weight is 319 g/mol. The van der Waals surface area contributed by atoms with E-state index in [0.29, 0.717) is 11.1 Å². The molecule has 0 radical (unpaired) electrons. The highest BCUT2D eigenvalue weighted by atomic mass is 16.6. The van der Waals surface area contributed by atoms with E-state index >= 15 is 0 Å². The van der Waals surface area contributed by atoms with Crippen LogP contribution in [0.25, 0.3) is 22.1 Å². The maximum atomic E-state index is 12.1. The lowest BCUT2D eigenvalue weighted by molar-refractivity contribution is 0.00696. The van der Waals surface area contributed by atoms with Gasteiger partial charge in [0.25, 0.3) is 0 Å². The number of rotatable bonds is 2. The molecule has 0 fully saturated rings. The van der Waals surface area contributed by atoms with Crippen molar-refractivity contribution in [3.8, 4) is 17.2 Å². The molecule has 2 aromatic carbocycles. The second-order valence-corrected chi connectivity index (χ2v) is 6.49. The Balaban J connectivity index is 2.00. The van der Waals surface area contributed by atoms with Gasteiger partial charge in [-0.05, 0) is 44.5 Å². The van der Waals surface area contributed by atoms with Crippen molar-refractivity contribution < 1.29 is 13.9 Å². The molecule has 1 heterocycles. The van der Waals surface area contributed by atoms with Gasteiger partial charge in [-0.3, -0.25) is 0 Å². The summed E-state index contributed by atoms with van der Waals surface area (Å²) in [7, 11) is 0. The highest BCUT2D eigenvalue weighted by Gasteiger charge is 2.19. The van der Waals surface area contributed by atoms with Gasteiger partial charge in [-0.25, -0.2) is 4.79 Å². The van der Waals surface area contributed by atoms with E-state index in [1.54, 1.807) is 24.3 Å². The molecular formula is C20H17NO3. The van der Waals surface area contributed by atoms with Gasteiger partial charge in [-0.1, -0.05) is 30.3 Å². The molecule has 0 unspecified atom stereocenters. The van der Waals surface area contributed by atoms with Crippen molar-refractivity contribution in [2.24, 2.45) is 0 Å². The Labute approximate surface area is 140 Å². The summed E-state index contributed by atoms with van der Waals surface area (Å²) < 4.78 is 11.0. The SMILES string of the molecule is CC(C)(C)OC(=O)c1ccc(-c2c(C#N)oc3ccccc23)cc1. The molecule has 4 nitrogen and oxygen atoms in total. The Kier molecular flexibility index (Phi) is 3.86. The number of hydrogen-bond acceptors (Lipinski definition) is 4. The second-order valence-electron chi connectivity index (χ2n) is 6.49. The first-order valence-corrected chi connectivity index (χ1v) is 7.64. The summed E-state index contributed by atoms with van der Waals surface area (Å²) in [5, 5.41) is 10.2. The molecule has 0 aliphatic heterocycles. The number of carbonyl (C=O) groups is 1. The molecule has 24 heavy (non-hydrogen) atoms. The summed E-state index contributed by atoms with van der Waals surface area (Å²) in [5.41, 5.74) is 2.16. The first-order valence-electron chi connectivity index (χ1n) is 7.64. The molecular weight excluding hydrogens is 302 g/mol. The number of fused-ring (bicyclic) bond motifs is 1. The molecule has 0 aliphatic carbocycles. The van der Waals surface area contributed by atoms with Crippen LogP contribution < -0.4 is 0 Å². The zero-order valence-corrected chi connectivity index (χ0v) is 13.8. The average Bonchev–Trinajstić information content (AvgIpc) is 2.92. The van der Waals surface area contributed by atoms with Gasteiger partial charge >= 0.3 is 5.97 Å². The van der Waals surface area contributed by atoms with Gasteiger partial charge in [0.05, 0.1) is 5.56 Å². The highest BCUT2D eigenvalue weighted by molar-refractivity contribution is 5.97. The monoisotopic (exact) mass is 319 g/mol. The van der Waals surface area contributed by atoms with Crippen LogP contribution in [0.3, 0.4) is 0 Å². The molecule has 0 saturated heterocycles. The Morgan fingerprint density at radius 3 is 2.38 bits per heavy atom. The number of furan rings is 1. The molecule has 0 N–H and O–H groups in total. The van der Waals surface area contributed by atoms with Crippen LogP contribution in [0.2, 0.25) is 0 Å². The van der Waals surface area contributed by atoms with Crippen LogP contribution in [-0.2, 0) is 4.74 Å². The molecule has 3 aromatic rings. The molecule has 0 bridgehead atoms. The van der Waals surface area contributed by atoms with Crippen molar-refractivity contribution in [3.63, 3.8) is 0 Å². The lowest BCUT2D eigenvalue weighted by atomic mass is 10.0. The third kappa shape index (κ3) is 3.02. The standard InChI is InChI=1S/C20H17NO3/c1-20(2,3)24-19(22)14-10-8-13(9-11-14)18-15-6-4-5-7-16(15)23-17(18)12-21/h4-11H,1-3H3. The van der Waals surface area contributed by atoms with Gasteiger partial charge in [-0.2, -0.15) is 5.26 Å². The van der Waals surface area contributed by atoms with Crippen LogP contribution in [-0.4, -0.2) is 11.6 Å².